The summed E-state index contributed by atoms with van der Waals surface area (Å²) in [5.41, 5.74) is 5.83. The van der Waals surface area contributed by atoms with Gasteiger partial charge in [-0.2, -0.15) is 0 Å². The largest absolute Gasteiger partial charge is 0.381 e. The van der Waals surface area contributed by atoms with E-state index in [1.807, 2.05) is 0 Å². The fourth-order valence-corrected chi connectivity index (χ4v) is 1.53. The van der Waals surface area contributed by atoms with E-state index in [0.29, 0.717) is 11.3 Å². The number of halogens is 3. The minimum atomic E-state index is -0.585. The van der Waals surface area contributed by atoms with E-state index in [4.69, 9.17) is 33.5 Å². The van der Waals surface area contributed by atoms with E-state index in [1.54, 1.807) is 0 Å². The van der Waals surface area contributed by atoms with Gasteiger partial charge >= 0.3 is 0 Å². The summed E-state index contributed by atoms with van der Waals surface area (Å²) in [6.45, 7) is 0. The Balaban J connectivity index is 2.58. The van der Waals surface area contributed by atoms with Gasteiger partial charge in [-0.1, -0.05) is 28.4 Å². The molecule has 0 atom stereocenters. The van der Waals surface area contributed by atoms with Crippen molar-refractivity contribution in [2.45, 2.75) is 0 Å². The smallest absolute Gasteiger partial charge is 0.170 e. The molecule has 0 fully saturated rings. The van der Waals surface area contributed by atoms with Crippen LogP contribution in [0.25, 0.3) is 11.3 Å². The highest BCUT2D eigenvalue weighted by Gasteiger charge is 2.12. The Morgan fingerprint density at radius 3 is 2.53 bits per heavy atom. The second-order valence-electron chi connectivity index (χ2n) is 2.86. The molecule has 15 heavy (non-hydrogen) atoms. The maximum atomic E-state index is 13.0. The van der Waals surface area contributed by atoms with Crippen molar-refractivity contribution >= 4 is 29.0 Å². The van der Waals surface area contributed by atoms with Crippen molar-refractivity contribution in [1.82, 2.24) is 5.16 Å². The molecule has 6 heteroatoms. The third-order valence-corrected chi connectivity index (χ3v) is 2.41. The molecular weight excluding hydrogens is 242 g/mol. The van der Waals surface area contributed by atoms with Gasteiger partial charge in [-0.05, 0) is 12.1 Å². The van der Waals surface area contributed by atoms with Crippen LogP contribution in [0.15, 0.2) is 22.7 Å². The van der Waals surface area contributed by atoms with Gasteiger partial charge < -0.3 is 10.3 Å². The molecule has 0 bridgehead atoms. The van der Waals surface area contributed by atoms with E-state index in [0.717, 1.165) is 6.07 Å². The highest BCUT2D eigenvalue weighted by Crippen LogP contribution is 2.32. The van der Waals surface area contributed by atoms with Crippen molar-refractivity contribution in [2.75, 3.05) is 5.73 Å². The minimum Gasteiger partial charge on any atom is -0.381 e. The Bertz CT molecular complexity index is 513. The van der Waals surface area contributed by atoms with Crippen LogP contribution in [-0.4, -0.2) is 5.16 Å². The van der Waals surface area contributed by atoms with Crippen molar-refractivity contribution in [3.8, 4) is 11.3 Å². The zero-order valence-electron chi connectivity index (χ0n) is 7.30. The second kappa shape index (κ2) is 3.72. The van der Waals surface area contributed by atoms with Crippen LogP contribution in [-0.2, 0) is 0 Å². The third kappa shape index (κ3) is 1.91. The number of anilines is 1. The normalized spacial score (nSPS) is 10.6. The second-order valence-corrected chi connectivity index (χ2v) is 3.68. The van der Waals surface area contributed by atoms with E-state index in [1.165, 1.54) is 12.1 Å². The highest BCUT2D eigenvalue weighted by atomic mass is 35.5. The zero-order chi connectivity index (χ0) is 11.0. The zero-order valence-corrected chi connectivity index (χ0v) is 8.81. The summed E-state index contributed by atoms with van der Waals surface area (Å²) in [6, 6.07) is 3.95. The molecule has 0 aliphatic carbocycles. The first-order valence-corrected chi connectivity index (χ1v) is 4.70. The Labute approximate surface area is 94.6 Å². The van der Waals surface area contributed by atoms with E-state index in [2.05, 4.69) is 5.16 Å². The topological polar surface area (TPSA) is 52.0 Å². The fourth-order valence-electron chi connectivity index (χ4n) is 1.13. The highest BCUT2D eigenvalue weighted by molar-refractivity contribution is 6.35. The number of nitrogen functional groups attached to an aromatic ring is 1. The average molecular weight is 247 g/mol. The molecule has 0 saturated carbocycles. The summed E-state index contributed by atoms with van der Waals surface area (Å²) in [5.74, 6) is -0.0150. The first-order valence-electron chi connectivity index (χ1n) is 3.95. The van der Waals surface area contributed by atoms with E-state index < -0.39 is 5.82 Å². The number of benzene rings is 1. The molecular formula is C9H5Cl2FN2O. The summed E-state index contributed by atoms with van der Waals surface area (Å²) in [7, 11) is 0. The van der Waals surface area contributed by atoms with Crippen LogP contribution in [0, 0.1) is 5.82 Å². The summed E-state index contributed by atoms with van der Waals surface area (Å²) in [4.78, 5) is 0. The molecule has 2 rings (SSSR count). The minimum absolute atomic E-state index is 0.0376. The Morgan fingerprint density at radius 2 is 1.93 bits per heavy atom. The van der Waals surface area contributed by atoms with Gasteiger partial charge in [-0.15, -0.1) is 0 Å². The number of rotatable bonds is 1. The van der Waals surface area contributed by atoms with E-state index >= 15 is 0 Å². The number of nitrogens with two attached hydrogens (primary N) is 1. The van der Waals surface area contributed by atoms with Crippen molar-refractivity contribution in [2.24, 2.45) is 0 Å². The first-order chi connectivity index (χ1) is 7.08. The molecule has 0 aliphatic heterocycles. The number of hydrogen-bond acceptors (Lipinski definition) is 3. The van der Waals surface area contributed by atoms with Crippen molar-refractivity contribution < 1.29 is 8.91 Å². The van der Waals surface area contributed by atoms with Gasteiger partial charge in [0, 0.05) is 11.6 Å². The maximum absolute atomic E-state index is 13.0. The lowest BCUT2D eigenvalue weighted by molar-refractivity contribution is 0.436. The summed E-state index contributed by atoms with van der Waals surface area (Å²) < 4.78 is 17.9. The molecule has 0 radical (unpaired) electrons. The molecule has 78 valence electrons. The molecule has 2 aromatic rings. The van der Waals surface area contributed by atoms with Crippen LogP contribution in [0.4, 0.5) is 10.2 Å². The van der Waals surface area contributed by atoms with Crippen molar-refractivity contribution in [1.29, 1.82) is 0 Å². The van der Waals surface area contributed by atoms with Crippen molar-refractivity contribution in [3.05, 3.63) is 34.1 Å². The van der Waals surface area contributed by atoms with Crippen LogP contribution >= 0.6 is 23.2 Å². The molecule has 0 amide bonds. The SMILES string of the molecule is Nc1cc(-c2cc(Cl)c(F)cc2Cl)on1. The monoisotopic (exact) mass is 246 g/mol. The van der Waals surface area contributed by atoms with Crippen LogP contribution < -0.4 is 5.73 Å². The summed E-state index contributed by atoms with van der Waals surface area (Å²) in [6.07, 6.45) is 0. The lowest BCUT2D eigenvalue weighted by Crippen LogP contribution is -1.82. The van der Waals surface area contributed by atoms with Crippen LogP contribution in [0.1, 0.15) is 0 Å². The van der Waals surface area contributed by atoms with Crippen molar-refractivity contribution in [3.63, 3.8) is 0 Å². The van der Waals surface area contributed by atoms with Gasteiger partial charge in [0.15, 0.2) is 11.6 Å². The standard InChI is InChI=1S/C9H5Cl2FN2O/c10-5-2-7(12)6(11)1-4(5)8-3-9(13)14-15-8/h1-3H,(H2,13,14). The Hall–Kier alpha value is -1.26. The maximum Gasteiger partial charge on any atom is 0.170 e. The lowest BCUT2D eigenvalue weighted by atomic mass is 10.1. The van der Waals surface area contributed by atoms with Gasteiger partial charge in [-0.3, -0.25) is 0 Å². The average Bonchev–Trinajstić information content (AvgIpc) is 2.58. The molecule has 1 aromatic heterocycles. The quantitative estimate of drug-likeness (QED) is 0.786. The van der Waals surface area contributed by atoms with Gasteiger partial charge in [-0.25, -0.2) is 4.39 Å². The molecule has 0 unspecified atom stereocenters. The summed E-state index contributed by atoms with van der Waals surface area (Å²) in [5, 5.41) is 3.64. The van der Waals surface area contributed by atoms with Gasteiger partial charge in [0.1, 0.15) is 5.82 Å². The predicted octanol–water partition coefficient (Wildman–Crippen LogP) is 3.37. The fraction of sp³-hybridized carbons (Fsp3) is 0. The Morgan fingerprint density at radius 1 is 1.20 bits per heavy atom. The van der Waals surface area contributed by atoms with Gasteiger partial charge in [0.25, 0.3) is 0 Å². The van der Waals surface area contributed by atoms with E-state index in [9.17, 15) is 4.39 Å². The predicted molar refractivity (Wildman–Crippen MR) is 56.3 cm³/mol. The summed E-state index contributed by atoms with van der Waals surface area (Å²) >= 11 is 11.4. The third-order valence-electron chi connectivity index (χ3n) is 1.80. The molecule has 0 saturated heterocycles. The molecule has 3 nitrogen and oxygen atoms in total. The van der Waals surface area contributed by atoms with Crippen LogP contribution in [0.5, 0.6) is 0 Å². The molecule has 2 N–H and O–H groups in total. The number of hydrogen-bond donors (Lipinski definition) is 1. The van der Waals surface area contributed by atoms with Crippen LogP contribution in [0.3, 0.4) is 0 Å². The number of aromatic nitrogens is 1. The molecule has 0 spiro atoms. The molecule has 1 heterocycles. The first kappa shape index (κ1) is 10.3. The van der Waals surface area contributed by atoms with Crippen LogP contribution in [0.2, 0.25) is 10.0 Å². The van der Waals surface area contributed by atoms with E-state index in [-0.39, 0.29) is 15.9 Å². The van der Waals surface area contributed by atoms with Gasteiger partial charge in [0.05, 0.1) is 10.0 Å². The molecule has 1 aromatic carbocycles. The van der Waals surface area contributed by atoms with Gasteiger partial charge in [0.2, 0.25) is 0 Å². The lowest BCUT2D eigenvalue weighted by Gasteiger charge is -2.01. The molecule has 0 aliphatic rings. The number of nitrogens with zero attached hydrogens (tertiary/aromatic N) is 1. The Kier molecular flexibility index (Phi) is 2.54.